The van der Waals surface area contributed by atoms with E-state index in [4.69, 9.17) is 9.15 Å². The number of aromatic nitrogens is 3. The molecule has 3 aromatic rings. The van der Waals surface area contributed by atoms with Crippen molar-refractivity contribution >= 4 is 29.9 Å². The van der Waals surface area contributed by atoms with E-state index in [1.807, 2.05) is 41.2 Å². The van der Waals surface area contributed by atoms with Crippen LogP contribution in [0.5, 0.6) is 5.75 Å². The quantitative estimate of drug-likeness (QED) is 0.291. The van der Waals surface area contributed by atoms with Gasteiger partial charge in [-0.25, -0.2) is 9.67 Å². The molecule has 0 bridgehead atoms. The summed E-state index contributed by atoms with van der Waals surface area (Å²) in [6.45, 7) is 7.28. The fourth-order valence-electron chi connectivity index (χ4n) is 2.63. The molecule has 162 valence electrons. The molecule has 0 aliphatic rings. The molecule has 2 heterocycles. The van der Waals surface area contributed by atoms with Crippen molar-refractivity contribution < 1.29 is 9.15 Å². The number of ether oxygens (including phenoxy) is 1. The maximum Gasteiger partial charge on any atom is 0.213 e. The molecule has 0 aliphatic carbocycles. The number of hydrogen-bond acceptors (Lipinski definition) is 5. The second-order valence-electron chi connectivity index (χ2n) is 7.60. The third kappa shape index (κ3) is 6.22. The lowest BCUT2D eigenvalue weighted by molar-refractivity contribution is 0.379. The smallest absolute Gasteiger partial charge is 0.213 e. The first kappa shape index (κ1) is 23.7. The van der Waals surface area contributed by atoms with Gasteiger partial charge in [0.2, 0.25) is 5.89 Å². The van der Waals surface area contributed by atoms with E-state index in [1.54, 1.807) is 20.4 Å². The van der Waals surface area contributed by atoms with Crippen LogP contribution in [0.1, 0.15) is 38.1 Å². The normalized spacial score (nSPS) is 11.7. The van der Waals surface area contributed by atoms with Crippen LogP contribution in [0.2, 0.25) is 0 Å². The number of benzene rings is 1. The first-order valence-electron chi connectivity index (χ1n) is 9.47. The lowest BCUT2D eigenvalue weighted by atomic mass is 9.94. The van der Waals surface area contributed by atoms with Gasteiger partial charge in [0.1, 0.15) is 11.5 Å². The van der Waals surface area contributed by atoms with E-state index in [2.05, 4.69) is 46.5 Å². The van der Waals surface area contributed by atoms with Crippen LogP contribution >= 0.6 is 24.0 Å². The van der Waals surface area contributed by atoms with Crippen LogP contribution in [0, 0.1) is 0 Å². The molecule has 3 rings (SSSR count). The highest BCUT2D eigenvalue weighted by Gasteiger charge is 2.19. The van der Waals surface area contributed by atoms with E-state index in [9.17, 15) is 0 Å². The van der Waals surface area contributed by atoms with Crippen LogP contribution in [-0.4, -0.2) is 34.9 Å². The van der Waals surface area contributed by atoms with E-state index in [0.29, 0.717) is 24.9 Å². The molecule has 0 aliphatic heterocycles. The number of guanidine groups is 1. The number of rotatable bonds is 6. The van der Waals surface area contributed by atoms with Crippen molar-refractivity contribution in [3.63, 3.8) is 0 Å². The van der Waals surface area contributed by atoms with Gasteiger partial charge in [-0.1, -0.05) is 20.8 Å². The van der Waals surface area contributed by atoms with Gasteiger partial charge >= 0.3 is 0 Å². The summed E-state index contributed by atoms with van der Waals surface area (Å²) in [7, 11) is 3.38. The molecule has 1 aromatic carbocycles. The summed E-state index contributed by atoms with van der Waals surface area (Å²) in [4.78, 5) is 8.55. The summed E-state index contributed by atoms with van der Waals surface area (Å²) >= 11 is 0. The Morgan fingerprint density at radius 1 is 1.13 bits per heavy atom. The Kier molecular flexibility index (Phi) is 8.27. The highest BCUT2D eigenvalue weighted by Crippen LogP contribution is 2.22. The molecular formula is C21H29IN6O2. The van der Waals surface area contributed by atoms with Crippen LogP contribution in [0.3, 0.4) is 0 Å². The average molecular weight is 524 g/mol. The summed E-state index contributed by atoms with van der Waals surface area (Å²) < 4.78 is 12.8. The van der Waals surface area contributed by atoms with Crippen molar-refractivity contribution in [2.45, 2.75) is 39.3 Å². The zero-order valence-corrected chi connectivity index (χ0v) is 20.3. The number of nitrogens with zero attached hydrogens (tertiary/aromatic N) is 4. The lowest BCUT2D eigenvalue weighted by Crippen LogP contribution is -2.36. The van der Waals surface area contributed by atoms with E-state index in [-0.39, 0.29) is 29.4 Å². The molecule has 0 fully saturated rings. The Bertz CT molecular complexity index is 957. The molecule has 0 saturated carbocycles. The van der Waals surface area contributed by atoms with Gasteiger partial charge in [-0.05, 0) is 30.3 Å². The predicted octanol–water partition coefficient (Wildman–Crippen LogP) is 3.65. The van der Waals surface area contributed by atoms with Crippen LogP contribution in [0.4, 0.5) is 0 Å². The number of hydrogen-bond donors (Lipinski definition) is 2. The minimum atomic E-state index is -0.0616. The summed E-state index contributed by atoms with van der Waals surface area (Å²) in [5.74, 6) is 2.96. The van der Waals surface area contributed by atoms with E-state index in [1.165, 1.54) is 0 Å². The van der Waals surface area contributed by atoms with Gasteiger partial charge in [0.05, 0.1) is 37.8 Å². The minimum absolute atomic E-state index is 0. The first-order valence-corrected chi connectivity index (χ1v) is 9.47. The van der Waals surface area contributed by atoms with Gasteiger partial charge in [0.15, 0.2) is 5.96 Å². The standard InChI is InChI=1S/C21H28N6O2.HI/c1-21(2,3)18-13-23-19(29-18)14-25-20(22-4)24-12-15-10-11-27(26-15)16-6-8-17(28-5)9-7-16;/h6-11,13H,12,14H2,1-5H3,(H2,22,24,25);1H. The van der Waals surface area contributed by atoms with Crippen molar-refractivity contribution in [3.8, 4) is 11.4 Å². The molecule has 8 nitrogen and oxygen atoms in total. The van der Waals surface area contributed by atoms with E-state index in [0.717, 1.165) is 22.9 Å². The number of oxazole rings is 1. The minimum Gasteiger partial charge on any atom is -0.497 e. The molecule has 9 heteroatoms. The van der Waals surface area contributed by atoms with Crippen molar-refractivity contribution in [3.05, 3.63) is 60.1 Å². The van der Waals surface area contributed by atoms with E-state index >= 15 is 0 Å². The number of methoxy groups -OCH3 is 1. The SMILES string of the molecule is CN=C(NCc1ccn(-c2ccc(OC)cc2)n1)NCc1ncc(C(C)(C)C)o1.I. The van der Waals surface area contributed by atoms with E-state index < -0.39 is 0 Å². The second kappa shape index (κ2) is 10.5. The average Bonchev–Trinajstić information content (AvgIpc) is 3.38. The Labute approximate surface area is 194 Å². The molecule has 0 spiro atoms. The zero-order valence-electron chi connectivity index (χ0n) is 18.0. The fourth-order valence-corrected chi connectivity index (χ4v) is 2.63. The lowest BCUT2D eigenvalue weighted by Gasteiger charge is -2.13. The Morgan fingerprint density at radius 2 is 1.83 bits per heavy atom. The number of aliphatic imine (C=N–C) groups is 1. The third-order valence-corrected chi connectivity index (χ3v) is 4.34. The summed E-state index contributed by atoms with van der Waals surface area (Å²) in [5.41, 5.74) is 1.81. The number of halogens is 1. The van der Waals surface area contributed by atoms with Gasteiger partial charge < -0.3 is 19.8 Å². The van der Waals surface area contributed by atoms with Crippen LogP contribution in [-0.2, 0) is 18.5 Å². The first-order chi connectivity index (χ1) is 13.9. The van der Waals surface area contributed by atoms with Gasteiger partial charge in [-0.2, -0.15) is 5.10 Å². The van der Waals surface area contributed by atoms with Gasteiger partial charge in [-0.3, -0.25) is 4.99 Å². The largest absolute Gasteiger partial charge is 0.497 e. The highest BCUT2D eigenvalue weighted by molar-refractivity contribution is 14.0. The highest BCUT2D eigenvalue weighted by atomic mass is 127. The molecule has 0 amide bonds. The van der Waals surface area contributed by atoms with Gasteiger partial charge in [0, 0.05) is 18.7 Å². The topological polar surface area (TPSA) is 89.5 Å². The van der Waals surface area contributed by atoms with Gasteiger partial charge in [-0.15, -0.1) is 24.0 Å². The molecule has 0 radical (unpaired) electrons. The molecule has 2 aromatic heterocycles. The monoisotopic (exact) mass is 524 g/mol. The molecule has 0 atom stereocenters. The fraction of sp³-hybridized carbons (Fsp3) is 0.381. The van der Waals surface area contributed by atoms with Gasteiger partial charge in [0.25, 0.3) is 0 Å². The predicted molar refractivity (Wildman–Crippen MR) is 128 cm³/mol. The van der Waals surface area contributed by atoms with Crippen molar-refractivity contribution in [1.82, 2.24) is 25.4 Å². The Morgan fingerprint density at radius 3 is 2.43 bits per heavy atom. The zero-order chi connectivity index (χ0) is 20.9. The maximum absolute atomic E-state index is 5.79. The number of nitrogens with one attached hydrogen (secondary N) is 2. The van der Waals surface area contributed by atoms with Crippen molar-refractivity contribution in [1.29, 1.82) is 0 Å². The Balaban J connectivity index is 0.00000320. The van der Waals surface area contributed by atoms with Crippen LogP contribution < -0.4 is 15.4 Å². The van der Waals surface area contributed by atoms with Crippen LogP contribution in [0.15, 0.2) is 52.1 Å². The Hall–Kier alpha value is -2.56. The third-order valence-electron chi connectivity index (χ3n) is 4.34. The maximum atomic E-state index is 5.79. The summed E-state index contributed by atoms with van der Waals surface area (Å²) in [5, 5.41) is 11.0. The second-order valence-corrected chi connectivity index (χ2v) is 7.60. The summed E-state index contributed by atoms with van der Waals surface area (Å²) in [6, 6.07) is 9.72. The molecular weight excluding hydrogens is 495 g/mol. The summed E-state index contributed by atoms with van der Waals surface area (Å²) in [6.07, 6.45) is 3.70. The molecule has 0 unspecified atom stereocenters. The molecule has 0 saturated heterocycles. The van der Waals surface area contributed by atoms with Crippen LogP contribution in [0.25, 0.3) is 5.69 Å². The molecule has 2 N–H and O–H groups in total. The van der Waals surface area contributed by atoms with Crippen molar-refractivity contribution in [2.24, 2.45) is 4.99 Å². The molecule has 30 heavy (non-hydrogen) atoms. The van der Waals surface area contributed by atoms with Crippen molar-refractivity contribution in [2.75, 3.05) is 14.2 Å².